The Kier molecular flexibility index (Phi) is 5.00. The van der Waals surface area contributed by atoms with E-state index in [0.717, 1.165) is 0 Å². The van der Waals surface area contributed by atoms with E-state index in [4.69, 9.17) is 22.5 Å². The molecule has 0 aromatic heterocycles. The van der Waals surface area contributed by atoms with Crippen LogP contribution in [0, 0.1) is 5.92 Å². The first kappa shape index (κ1) is 15.1. The minimum Gasteiger partial charge on any atom is -0.508 e. The van der Waals surface area contributed by atoms with Crippen molar-refractivity contribution in [1.29, 1.82) is 0 Å². The Morgan fingerprint density at radius 2 is 2.11 bits per heavy atom. The van der Waals surface area contributed by atoms with Crippen molar-refractivity contribution in [2.24, 2.45) is 16.8 Å². The number of phenols is 1. The van der Waals surface area contributed by atoms with Gasteiger partial charge in [0.2, 0.25) is 0 Å². The van der Waals surface area contributed by atoms with E-state index < -0.39 is 11.9 Å². The summed E-state index contributed by atoms with van der Waals surface area (Å²) in [4.78, 5) is 12.1. The van der Waals surface area contributed by atoms with E-state index in [9.17, 15) is 9.90 Å². The molecule has 0 heterocycles. The highest BCUT2D eigenvalue weighted by atomic mass is 35.5. The van der Waals surface area contributed by atoms with Crippen molar-refractivity contribution in [2.75, 3.05) is 0 Å². The van der Waals surface area contributed by atoms with E-state index in [-0.39, 0.29) is 28.1 Å². The molecule has 0 bridgehead atoms. The second kappa shape index (κ2) is 6.29. The minimum absolute atomic E-state index is 0.0700. The summed E-state index contributed by atoms with van der Waals surface area (Å²) in [5.74, 6) is -0.749. The van der Waals surface area contributed by atoms with Crippen LogP contribution in [0.5, 0.6) is 5.75 Å². The molecule has 0 aliphatic heterocycles. The quantitative estimate of drug-likeness (QED) is 0.291. The standard InChI is InChI=1S/C12H16ClN3O3/c1-6(2)10(11(14)16-19)15-12(18)8-5-7(17)3-4-9(8)13/h3-6,10,17,19H,1-2H3,(H2,14,16)(H,15,18). The molecule has 6 nitrogen and oxygen atoms in total. The fourth-order valence-electron chi connectivity index (χ4n) is 1.55. The predicted octanol–water partition coefficient (Wildman–Crippen LogP) is 1.55. The minimum atomic E-state index is -0.629. The van der Waals surface area contributed by atoms with Gasteiger partial charge in [-0.3, -0.25) is 4.79 Å². The number of phenolic OH excluding ortho intramolecular Hbond substituents is 1. The Morgan fingerprint density at radius 1 is 1.47 bits per heavy atom. The van der Waals surface area contributed by atoms with Crippen LogP contribution >= 0.6 is 11.6 Å². The topological polar surface area (TPSA) is 108 Å². The van der Waals surface area contributed by atoms with E-state index in [1.165, 1.54) is 18.2 Å². The SMILES string of the molecule is CC(C)C(NC(=O)c1cc(O)ccc1Cl)/C(N)=N/O. The van der Waals surface area contributed by atoms with Gasteiger partial charge < -0.3 is 21.4 Å². The number of nitrogens with two attached hydrogens (primary N) is 1. The Morgan fingerprint density at radius 3 is 2.63 bits per heavy atom. The number of oxime groups is 1. The van der Waals surface area contributed by atoms with Gasteiger partial charge in [0, 0.05) is 0 Å². The molecule has 0 saturated carbocycles. The van der Waals surface area contributed by atoms with Gasteiger partial charge in [-0.05, 0) is 24.1 Å². The predicted molar refractivity (Wildman–Crippen MR) is 72.6 cm³/mol. The fourth-order valence-corrected chi connectivity index (χ4v) is 1.75. The number of rotatable bonds is 4. The molecule has 1 atom stereocenters. The number of nitrogens with zero attached hydrogens (tertiary/aromatic N) is 1. The van der Waals surface area contributed by atoms with Gasteiger partial charge in [0.05, 0.1) is 16.6 Å². The number of halogens is 1. The number of amidine groups is 1. The van der Waals surface area contributed by atoms with Crippen molar-refractivity contribution in [1.82, 2.24) is 5.32 Å². The lowest BCUT2D eigenvalue weighted by Crippen LogP contribution is -2.47. The highest BCUT2D eigenvalue weighted by Crippen LogP contribution is 2.21. The van der Waals surface area contributed by atoms with Gasteiger partial charge in [0.1, 0.15) is 5.75 Å². The first-order chi connectivity index (χ1) is 8.86. The highest BCUT2D eigenvalue weighted by molar-refractivity contribution is 6.34. The zero-order valence-corrected chi connectivity index (χ0v) is 11.3. The molecule has 1 unspecified atom stereocenters. The summed E-state index contributed by atoms with van der Waals surface area (Å²) in [7, 11) is 0. The fraction of sp³-hybridized carbons (Fsp3) is 0.333. The zero-order chi connectivity index (χ0) is 14.6. The van der Waals surface area contributed by atoms with Crippen molar-refractivity contribution >= 4 is 23.3 Å². The maximum atomic E-state index is 12.1. The summed E-state index contributed by atoms with van der Waals surface area (Å²) in [6.45, 7) is 3.63. The molecule has 0 aliphatic carbocycles. The molecule has 0 radical (unpaired) electrons. The van der Waals surface area contributed by atoms with Crippen molar-refractivity contribution in [3.63, 3.8) is 0 Å². The summed E-state index contributed by atoms with van der Waals surface area (Å²) in [5.41, 5.74) is 5.64. The van der Waals surface area contributed by atoms with Crippen LogP contribution in [0.1, 0.15) is 24.2 Å². The largest absolute Gasteiger partial charge is 0.508 e. The summed E-state index contributed by atoms with van der Waals surface area (Å²) >= 11 is 5.88. The van der Waals surface area contributed by atoms with Gasteiger partial charge in [-0.2, -0.15) is 0 Å². The number of nitrogens with one attached hydrogen (secondary N) is 1. The van der Waals surface area contributed by atoms with Crippen LogP contribution in [0.4, 0.5) is 0 Å². The number of hydrogen-bond acceptors (Lipinski definition) is 4. The van der Waals surface area contributed by atoms with Crippen molar-refractivity contribution < 1.29 is 15.1 Å². The summed E-state index contributed by atoms with van der Waals surface area (Å²) in [6.07, 6.45) is 0. The molecule has 0 aliphatic rings. The summed E-state index contributed by atoms with van der Waals surface area (Å²) in [6, 6.07) is 3.42. The van der Waals surface area contributed by atoms with E-state index in [1.54, 1.807) is 0 Å². The molecular formula is C12H16ClN3O3. The highest BCUT2D eigenvalue weighted by Gasteiger charge is 2.22. The second-order valence-electron chi connectivity index (χ2n) is 4.38. The van der Waals surface area contributed by atoms with Crippen molar-refractivity contribution in [2.45, 2.75) is 19.9 Å². The monoisotopic (exact) mass is 285 g/mol. The van der Waals surface area contributed by atoms with Crippen LogP contribution in [-0.4, -0.2) is 28.1 Å². The van der Waals surface area contributed by atoms with E-state index >= 15 is 0 Å². The normalized spacial score (nSPS) is 13.4. The number of aromatic hydroxyl groups is 1. The van der Waals surface area contributed by atoms with Crippen LogP contribution in [0.25, 0.3) is 0 Å². The maximum Gasteiger partial charge on any atom is 0.253 e. The number of benzene rings is 1. The molecule has 1 amide bonds. The first-order valence-electron chi connectivity index (χ1n) is 5.63. The van der Waals surface area contributed by atoms with E-state index in [2.05, 4.69) is 10.5 Å². The van der Waals surface area contributed by atoms with Crippen LogP contribution in [0.2, 0.25) is 5.02 Å². The lowest BCUT2D eigenvalue weighted by Gasteiger charge is -2.21. The lowest BCUT2D eigenvalue weighted by atomic mass is 10.0. The third-order valence-corrected chi connectivity index (χ3v) is 2.91. The molecule has 1 aromatic carbocycles. The number of hydrogen-bond donors (Lipinski definition) is 4. The van der Waals surface area contributed by atoms with E-state index in [1.807, 2.05) is 13.8 Å². The number of carbonyl (C=O) groups excluding carboxylic acids is 1. The molecule has 104 valence electrons. The smallest absolute Gasteiger partial charge is 0.253 e. The molecule has 0 spiro atoms. The number of carbonyl (C=O) groups is 1. The van der Waals surface area contributed by atoms with Gasteiger partial charge in [-0.15, -0.1) is 0 Å². The summed E-state index contributed by atoms with van der Waals surface area (Å²) in [5, 5.41) is 23.7. The van der Waals surface area contributed by atoms with Gasteiger partial charge in [0.25, 0.3) is 5.91 Å². The van der Waals surface area contributed by atoms with E-state index in [0.29, 0.717) is 0 Å². The van der Waals surface area contributed by atoms with Gasteiger partial charge in [-0.1, -0.05) is 30.6 Å². The molecule has 7 heteroatoms. The van der Waals surface area contributed by atoms with Gasteiger partial charge in [0.15, 0.2) is 5.84 Å². The van der Waals surface area contributed by atoms with Gasteiger partial charge >= 0.3 is 0 Å². The Labute approximate surface area is 115 Å². The van der Waals surface area contributed by atoms with Crippen LogP contribution in [-0.2, 0) is 0 Å². The molecule has 1 rings (SSSR count). The van der Waals surface area contributed by atoms with Crippen LogP contribution < -0.4 is 11.1 Å². The molecule has 5 N–H and O–H groups in total. The maximum absolute atomic E-state index is 12.1. The third kappa shape index (κ3) is 3.75. The zero-order valence-electron chi connectivity index (χ0n) is 10.6. The average Bonchev–Trinajstić information content (AvgIpc) is 2.37. The Balaban J connectivity index is 2.97. The molecule has 19 heavy (non-hydrogen) atoms. The lowest BCUT2D eigenvalue weighted by molar-refractivity contribution is 0.0938. The molecular weight excluding hydrogens is 270 g/mol. The van der Waals surface area contributed by atoms with Crippen LogP contribution in [0.15, 0.2) is 23.4 Å². The van der Waals surface area contributed by atoms with Gasteiger partial charge in [-0.25, -0.2) is 0 Å². The van der Waals surface area contributed by atoms with Crippen LogP contribution in [0.3, 0.4) is 0 Å². The van der Waals surface area contributed by atoms with Crippen molar-refractivity contribution in [3.8, 4) is 5.75 Å². The number of amides is 1. The Hall–Kier alpha value is -1.95. The van der Waals surface area contributed by atoms with Crippen molar-refractivity contribution in [3.05, 3.63) is 28.8 Å². The molecule has 0 fully saturated rings. The Bertz CT molecular complexity index is 503. The average molecular weight is 286 g/mol. The molecule has 1 aromatic rings. The molecule has 0 saturated heterocycles. The summed E-state index contributed by atoms with van der Waals surface area (Å²) < 4.78 is 0. The second-order valence-corrected chi connectivity index (χ2v) is 4.79. The first-order valence-corrected chi connectivity index (χ1v) is 6.01. The third-order valence-electron chi connectivity index (χ3n) is 2.58.